The van der Waals surface area contributed by atoms with Crippen LogP contribution in [-0.4, -0.2) is 28.1 Å². The minimum Gasteiger partial charge on any atom is -0.337 e. The number of hydrogen-bond acceptors (Lipinski definition) is 3. The number of nitrogens with zero attached hydrogens (tertiary/aromatic N) is 2. The first kappa shape index (κ1) is 12.9. The van der Waals surface area contributed by atoms with Gasteiger partial charge in [0.25, 0.3) is 5.91 Å². The van der Waals surface area contributed by atoms with E-state index in [1.54, 1.807) is 22.4 Å². The van der Waals surface area contributed by atoms with Gasteiger partial charge in [0.15, 0.2) is 0 Å². The molecule has 20 heavy (non-hydrogen) atoms. The van der Waals surface area contributed by atoms with Gasteiger partial charge in [0.2, 0.25) is 0 Å². The first-order valence-electron chi connectivity index (χ1n) is 6.38. The Morgan fingerprint density at radius 2 is 2.20 bits per heavy atom. The molecule has 0 aliphatic heterocycles. The van der Waals surface area contributed by atoms with E-state index in [9.17, 15) is 4.79 Å². The highest BCUT2D eigenvalue weighted by atomic mass is 32.1. The zero-order valence-electron chi connectivity index (χ0n) is 11.4. The van der Waals surface area contributed by atoms with Gasteiger partial charge in [-0.05, 0) is 23.9 Å². The van der Waals surface area contributed by atoms with E-state index in [1.807, 2.05) is 32.3 Å². The summed E-state index contributed by atoms with van der Waals surface area (Å²) in [5, 5.41) is 7.82. The molecule has 0 saturated heterocycles. The summed E-state index contributed by atoms with van der Waals surface area (Å²) in [5.74, 6) is 0.0601. The summed E-state index contributed by atoms with van der Waals surface area (Å²) in [4.78, 5) is 15.1. The fourth-order valence-corrected chi connectivity index (χ4v) is 3.47. The Kier molecular flexibility index (Phi) is 3.28. The molecule has 102 valence electrons. The first-order chi connectivity index (χ1) is 9.66. The molecule has 0 fully saturated rings. The van der Waals surface area contributed by atoms with E-state index in [1.165, 1.54) is 0 Å². The number of carbonyl (C=O) groups excluding carboxylic acids is 1. The maximum Gasteiger partial charge on any atom is 0.264 e. The Morgan fingerprint density at radius 3 is 2.90 bits per heavy atom. The number of aryl methyl sites for hydroxylation is 1. The van der Waals surface area contributed by atoms with Crippen molar-refractivity contribution in [1.82, 2.24) is 15.1 Å². The Balaban J connectivity index is 1.90. The average Bonchev–Trinajstić information content (AvgIpc) is 3.07. The van der Waals surface area contributed by atoms with Crippen molar-refractivity contribution in [2.24, 2.45) is 0 Å². The van der Waals surface area contributed by atoms with E-state index in [-0.39, 0.29) is 5.91 Å². The van der Waals surface area contributed by atoms with Gasteiger partial charge < -0.3 is 4.90 Å². The molecule has 3 aromatic rings. The lowest BCUT2D eigenvalue weighted by Crippen LogP contribution is -2.25. The number of nitrogens with one attached hydrogen (secondary N) is 1. The third-order valence-corrected chi connectivity index (χ3v) is 4.62. The second-order valence-corrected chi connectivity index (χ2v) is 5.87. The number of carbonyl (C=O) groups is 1. The number of aromatic amines is 1. The van der Waals surface area contributed by atoms with Gasteiger partial charge in [-0.15, -0.1) is 11.3 Å². The van der Waals surface area contributed by atoms with Crippen LogP contribution in [0.3, 0.4) is 0 Å². The molecule has 0 spiro atoms. The highest BCUT2D eigenvalue weighted by Crippen LogP contribution is 2.31. The van der Waals surface area contributed by atoms with Crippen LogP contribution in [0.2, 0.25) is 0 Å². The quantitative estimate of drug-likeness (QED) is 0.803. The van der Waals surface area contributed by atoms with E-state index in [0.717, 1.165) is 26.1 Å². The molecule has 0 aliphatic rings. The minimum absolute atomic E-state index is 0.0601. The molecule has 2 heterocycles. The third-order valence-electron chi connectivity index (χ3n) is 3.36. The van der Waals surface area contributed by atoms with Gasteiger partial charge in [-0.2, -0.15) is 5.10 Å². The van der Waals surface area contributed by atoms with Gasteiger partial charge in [0, 0.05) is 30.1 Å². The monoisotopic (exact) mass is 285 g/mol. The van der Waals surface area contributed by atoms with Crippen LogP contribution in [0.25, 0.3) is 10.1 Å². The predicted octanol–water partition coefficient (Wildman–Crippen LogP) is 3.21. The van der Waals surface area contributed by atoms with Crippen molar-refractivity contribution in [3.05, 3.63) is 52.7 Å². The molecule has 0 atom stereocenters. The van der Waals surface area contributed by atoms with Crippen LogP contribution >= 0.6 is 11.3 Å². The van der Waals surface area contributed by atoms with Crippen molar-refractivity contribution in [3.63, 3.8) is 0 Å². The van der Waals surface area contributed by atoms with Crippen LogP contribution < -0.4 is 0 Å². The fraction of sp³-hybridized carbons (Fsp3) is 0.200. The van der Waals surface area contributed by atoms with Crippen molar-refractivity contribution >= 4 is 27.3 Å². The average molecular weight is 285 g/mol. The Bertz CT molecular complexity index is 746. The third kappa shape index (κ3) is 2.20. The van der Waals surface area contributed by atoms with E-state index < -0.39 is 0 Å². The summed E-state index contributed by atoms with van der Waals surface area (Å²) in [6.45, 7) is 2.57. The highest BCUT2D eigenvalue weighted by Gasteiger charge is 2.19. The molecule has 1 aromatic carbocycles. The molecular formula is C15H15N3OS. The first-order valence-corrected chi connectivity index (χ1v) is 7.19. The molecule has 1 amide bonds. The van der Waals surface area contributed by atoms with Crippen LogP contribution in [0.4, 0.5) is 0 Å². The molecule has 1 N–H and O–H groups in total. The van der Waals surface area contributed by atoms with E-state index >= 15 is 0 Å². The van der Waals surface area contributed by atoms with Crippen LogP contribution in [0.1, 0.15) is 20.8 Å². The number of rotatable bonds is 3. The van der Waals surface area contributed by atoms with Crippen LogP contribution in [0.15, 0.2) is 36.7 Å². The molecule has 0 bridgehead atoms. The zero-order chi connectivity index (χ0) is 14.1. The highest BCUT2D eigenvalue weighted by molar-refractivity contribution is 7.21. The van der Waals surface area contributed by atoms with Crippen molar-refractivity contribution in [2.75, 3.05) is 7.05 Å². The SMILES string of the molecule is Cc1c(C(=O)N(C)Cc2cn[nH]c2)sc2ccccc12. The smallest absolute Gasteiger partial charge is 0.264 e. The van der Waals surface area contributed by atoms with Crippen LogP contribution in [-0.2, 0) is 6.54 Å². The molecule has 0 radical (unpaired) electrons. The number of hydrogen-bond donors (Lipinski definition) is 1. The molecule has 0 unspecified atom stereocenters. The van der Waals surface area contributed by atoms with Gasteiger partial charge in [0.05, 0.1) is 11.1 Å². The van der Waals surface area contributed by atoms with Gasteiger partial charge in [-0.1, -0.05) is 18.2 Å². The largest absolute Gasteiger partial charge is 0.337 e. The number of benzene rings is 1. The summed E-state index contributed by atoms with van der Waals surface area (Å²) in [5.41, 5.74) is 2.06. The summed E-state index contributed by atoms with van der Waals surface area (Å²) < 4.78 is 1.16. The molecule has 5 heteroatoms. The van der Waals surface area contributed by atoms with Gasteiger partial charge >= 0.3 is 0 Å². The summed E-state index contributed by atoms with van der Waals surface area (Å²) in [6.07, 6.45) is 3.54. The van der Waals surface area contributed by atoms with Crippen LogP contribution in [0, 0.1) is 6.92 Å². The molecule has 4 nitrogen and oxygen atoms in total. The fourth-order valence-electron chi connectivity index (χ4n) is 2.26. The topological polar surface area (TPSA) is 49.0 Å². The van der Waals surface area contributed by atoms with Crippen molar-refractivity contribution < 1.29 is 4.79 Å². The second-order valence-electron chi connectivity index (χ2n) is 4.82. The molecule has 2 aromatic heterocycles. The summed E-state index contributed by atoms with van der Waals surface area (Å²) in [6, 6.07) is 8.13. The summed E-state index contributed by atoms with van der Waals surface area (Å²) >= 11 is 1.56. The number of aromatic nitrogens is 2. The zero-order valence-corrected chi connectivity index (χ0v) is 12.2. The lowest BCUT2D eigenvalue weighted by molar-refractivity contribution is 0.0789. The Labute approximate surface area is 121 Å². The molecule has 0 aliphatic carbocycles. The normalized spacial score (nSPS) is 10.9. The number of thiophene rings is 1. The van der Waals surface area contributed by atoms with Gasteiger partial charge in [-0.3, -0.25) is 9.89 Å². The number of amides is 1. The lowest BCUT2D eigenvalue weighted by Gasteiger charge is -2.15. The molecule has 0 saturated carbocycles. The number of fused-ring (bicyclic) bond motifs is 1. The Morgan fingerprint density at radius 1 is 1.40 bits per heavy atom. The van der Waals surface area contributed by atoms with Gasteiger partial charge in [-0.25, -0.2) is 0 Å². The maximum absolute atomic E-state index is 12.6. The van der Waals surface area contributed by atoms with Crippen molar-refractivity contribution in [3.8, 4) is 0 Å². The van der Waals surface area contributed by atoms with E-state index in [2.05, 4.69) is 22.3 Å². The van der Waals surface area contributed by atoms with Gasteiger partial charge in [0.1, 0.15) is 0 Å². The minimum atomic E-state index is 0.0601. The maximum atomic E-state index is 12.6. The molecule has 3 rings (SSSR count). The predicted molar refractivity (Wildman–Crippen MR) is 80.9 cm³/mol. The van der Waals surface area contributed by atoms with Crippen molar-refractivity contribution in [1.29, 1.82) is 0 Å². The van der Waals surface area contributed by atoms with Crippen LogP contribution in [0.5, 0.6) is 0 Å². The second kappa shape index (κ2) is 5.09. The lowest BCUT2D eigenvalue weighted by atomic mass is 10.1. The standard InChI is InChI=1S/C15H15N3OS/c1-10-12-5-3-4-6-13(12)20-14(10)15(19)18(2)9-11-7-16-17-8-11/h3-8H,9H2,1-2H3,(H,16,17). The van der Waals surface area contributed by atoms with Crippen molar-refractivity contribution in [2.45, 2.75) is 13.5 Å². The van der Waals surface area contributed by atoms with E-state index in [4.69, 9.17) is 0 Å². The number of H-pyrrole nitrogens is 1. The van der Waals surface area contributed by atoms with E-state index in [0.29, 0.717) is 6.54 Å². The Hall–Kier alpha value is -2.14. The summed E-state index contributed by atoms with van der Waals surface area (Å²) in [7, 11) is 1.82. The molecular weight excluding hydrogens is 270 g/mol.